The number of methoxy groups -OCH3 is 1. The van der Waals surface area contributed by atoms with Crippen LogP contribution in [0.15, 0.2) is 59.4 Å². The van der Waals surface area contributed by atoms with Gasteiger partial charge >= 0.3 is 0 Å². The molecule has 2 aromatic heterocycles. The Morgan fingerprint density at radius 1 is 1.09 bits per heavy atom. The number of aromatic nitrogens is 3. The largest absolute Gasteiger partial charge is 0.496 e. The highest BCUT2D eigenvalue weighted by atomic mass is 16.5. The second-order valence-corrected chi connectivity index (χ2v) is 9.33. The van der Waals surface area contributed by atoms with Crippen LogP contribution in [0.3, 0.4) is 0 Å². The fourth-order valence-electron chi connectivity index (χ4n) is 4.82. The van der Waals surface area contributed by atoms with Crippen molar-refractivity contribution < 1.29 is 13.9 Å². The van der Waals surface area contributed by atoms with Crippen molar-refractivity contribution in [1.82, 2.24) is 25.0 Å². The highest BCUT2D eigenvalue weighted by Crippen LogP contribution is 2.29. The van der Waals surface area contributed by atoms with Gasteiger partial charge < -0.3 is 19.0 Å². The number of rotatable bonds is 7. The molecule has 1 N–H and O–H groups in total. The van der Waals surface area contributed by atoms with Gasteiger partial charge in [-0.1, -0.05) is 44.2 Å². The molecule has 5 rings (SSSR count). The maximum Gasteiger partial charge on any atom is 0.255 e. The summed E-state index contributed by atoms with van der Waals surface area (Å²) in [7, 11) is 1.71. The molecule has 0 spiro atoms. The van der Waals surface area contributed by atoms with Gasteiger partial charge in [0.2, 0.25) is 0 Å². The van der Waals surface area contributed by atoms with Crippen LogP contribution in [0.4, 0.5) is 0 Å². The number of furan rings is 1. The fourth-order valence-corrected chi connectivity index (χ4v) is 4.82. The first-order chi connectivity index (χ1) is 17.0. The van der Waals surface area contributed by atoms with Crippen molar-refractivity contribution in [3.63, 3.8) is 0 Å². The van der Waals surface area contributed by atoms with Gasteiger partial charge in [-0.25, -0.2) is 0 Å². The Morgan fingerprint density at radius 3 is 2.66 bits per heavy atom. The zero-order valence-corrected chi connectivity index (χ0v) is 20.4. The molecule has 8 nitrogen and oxygen atoms in total. The molecular weight excluding hydrogens is 442 g/mol. The summed E-state index contributed by atoms with van der Waals surface area (Å²) in [5.41, 5.74) is 1.79. The predicted octanol–water partition coefficient (Wildman–Crippen LogP) is 4.22. The normalized spacial score (nSPS) is 15.1. The molecule has 0 unspecified atom stereocenters. The van der Waals surface area contributed by atoms with E-state index in [-0.39, 0.29) is 17.9 Å². The van der Waals surface area contributed by atoms with E-state index >= 15 is 0 Å². The fraction of sp³-hybridized carbons (Fsp3) is 0.370. The van der Waals surface area contributed by atoms with Gasteiger partial charge in [-0.2, -0.15) is 0 Å². The van der Waals surface area contributed by atoms with Gasteiger partial charge in [0.25, 0.3) is 5.91 Å². The van der Waals surface area contributed by atoms with E-state index in [1.54, 1.807) is 13.2 Å². The number of hydrogen-bond donors (Lipinski definition) is 1. The quantitative estimate of drug-likeness (QED) is 0.433. The van der Waals surface area contributed by atoms with E-state index in [0.29, 0.717) is 5.56 Å². The van der Waals surface area contributed by atoms with Crippen LogP contribution in [-0.4, -0.2) is 45.8 Å². The molecule has 0 saturated heterocycles. The van der Waals surface area contributed by atoms with E-state index in [0.717, 1.165) is 55.4 Å². The second kappa shape index (κ2) is 9.92. The number of hydrogen-bond acceptors (Lipinski definition) is 6. The number of nitrogens with one attached hydrogen (secondary N) is 1. The average molecular weight is 474 g/mol. The summed E-state index contributed by atoms with van der Waals surface area (Å²) in [5.74, 6) is 2.66. The molecular formula is C27H31N5O3. The summed E-state index contributed by atoms with van der Waals surface area (Å²) in [6.45, 7) is 7.56. The Balaban J connectivity index is 1.34. The first-order valence-electron chi connectivity index (χ1n) is 12.1. The average Bonchev–Trinajstić information content (AvgIpc) is 3.50. The molecule has 0 saturated carbocycles. The second-order valence-electron chi connectivity index (χ2n) is 9.33. The maximum atomic E-state index is 12.7. The van der Waals surface area contributed by atoms with Gasteiger partial charge in [0.15, 0.2) is 5.82 Å². The topological polar surface area (TPSA) is 85.4 Å². The lowest BCUT2D eigenvalue weighted by molar-refractivity contribution is 0.0921. The lowest BCUT2D eigenvalue weighted by atomic mass is 10.0. The van der Waals surface area contributed by atoms with Crippen molar-refractivity contribution in [2.24, 2.45) is 5.92 Å². The zero-order chi connectivity index (χ0) is 24.4. The summed E-state index contributed by atoms with van der Waals surface area (Å²) < 4.78 is 12.8. The van der Waals surface area contributed by atoms with Gasteiger partial charge in [-0.3, -0.25) is 9.69 Å². The van der Waals surface area contributed by atoms with Crippen molar-refractivity contribution in [3.05, 3.63) is 77.8 Å². The number of nitrogens with zero attached hydrogens (tertiary/aromatic N) is 4. The number of fused-ring (bicyclic) bond motifs is 2. The number of carbonyl (C=O) groups excluding carboxylic acids is 1. The summed E-state index contributed by atoms with van der Waals surface area (Å²) in [5, 5.41) is 14.5. The molecule has 1 aliphatic rings. The third-order valence-corrected chi connectivity index (χ3v) is 6.75. The van der Waals surface area contributed by atoms with E-state index in [4.69, 9.17) is 9.15 Å². The molecule has 0 aliphatic carbocycles. The summed E-state index contributed by atoms with van der Waals surface area (Å²) >= 11 is 0. The van der Waals surface area contributed by atoms with Crippen molar-refractivity contribution in [1.29, 1.82) is 0 Å². The molecule has 182 valence electrons. The molecule has 2 aromatic carbocycles. The number of amides is 1. The number of benzene rings is 2. The minimum absolute atomic E-state index is 0.157. The van der Waals surface area contributed by atoms with E-state index < -0.39 is 0 Å². The molecule has 8 heteroatoms. The SMILES string of the molecule is COc1ccc(CN2CCc3nnc([C@@H](NC(=O)c4ccoc4)C(C)C)n3CC2)c2ccccc12. The van der Waals surface area contributed by atoms with E-state index in [9.17, 15) is 4.79 Å². The molecule has 0 fully saturated rings. The van der Waals surface area contributed by atoms with Crippen molar-refractivity contribution in [2.45, 2.75) is 39.4 Å². The van der Waals surface area contributed by atoms with Gasteiger partial charge in [0.1, 0.15) is 17.8 Å². The Bertz CT molecular complexity index is 1310. The van der Waals surface area contributed by atoms with Crippen LogP contribution in [0.1, 0.15) is 47.5 Å². The van der Waals surface area contributed by atoms with E-state index in [1.807, 2.05) is 6.07 Å². The minimum atomic E-state index is -0.240. The van der Waals surface area contributed by atoms with Crippen LogP contribution in [0.25, 0.3) is 10.8 Å². The molecule has 3 heterocycles. The van der Waals surface area contributed by atoms with Gasteiger partial charge in [-0.05, 0) is 29.0 Å². The lowest BCUT2D eigenvalue weighted by Gasteiger charge is -2.23. The Kier molecular flexibility index (Phi) is 6.55. The number of ether oxygens (including phenoxy) is 1. The molecule has 0 bridgehead atoms. The number of carbonyl (C=O) groups is 1. The van der Waals surface area contributed by atoms with Crippen LogP contribution in [-0.2, 0) is 19.5 Å². The van der Waals surface area contributed by atoms with E-state index in [2.05, 4.69) is 69.2 Å². The lowest BCUT2D eigenvalue weighted by Crippen LogP contribution is -2.34. The first-order valence-corrected chi connectivity index (χ1v) is 12.1. The smallest absolute Gasteiger partial charge is 0.255 e. The van der Waals surface area contributed by atoms with Crippen molar-refractivity contribution in [3.8, 4) is 5.75 Å². The molecule has 1 amide bonds. The van der Waals surface area contributed by atoms with E-state index in [1.165, 1.54) is 23.5 Å². The summed E-state index contributed by atoms with van der Waals surface area (Å²) in [4.78, 5) is 15.2. The Morgan fingerprint density at radius 2 is 1.91 bits per heavy atom. The highest BCUT2D eigenvalue weighted by Gasteiger charge is 2.28. The predicted molar refractivity (Wildman–Crippen MR) is 133 cm³/mol. The monoisotopic (exact) mass is 473 g/mol. The van der Waals surface area contributed by atoms with Gasteiger partial charge in [0, 0.05) is 38.0 Å². The third-order valence-electron chi connectivity index (χ3n) is 6.75. The minimum Gasteiger partial charge on any atom is -0.496 e. The highest BCUT2D eigenvalue weighted by molar-refractivity contribution is 5.94. The molecule has 35 heavy (non-hydrogen) atoms. The van der Waals surface area contributed by atoms with Crippen LogP contribution >= 0.6 is 0 Å². The Labute approximate surface area is 204 Å². The van der Waals surface area contributed by atoms with Crippen molar-refractivity contribution >= 4 is 16.7 Å². The molecule has 1 aliphatic heterocycles. The van der Waals surface area contributed by atoms with Crippen molar-refractivity contribution in [2.75, 3.05) is 20.2 Å². The first kappa shape index (κ1) is 23.1. The van der Waals surface area contributed by atoms with Gasteiger partial charge in [0.05, 0.1) is 25.0 Å². The van der Waals surface area contributed by atoms with Gasteiger partial charge in [-0.15, -0.1) is 10.2 Å². The van der Waals surface area contributed by atoms with Crippen LogP contribution in [0.5, 0.6) is 5.75 Å². The molecule has 4 aromatic rings. The van der Waals surface area contributed by atoms with Crippen LogP contribution in [0.2, 0.25) is 0 Å². The van der Waals surface area contributed by atoms with Crippen LogP contribution < -0.4 is 10.1 Å². The maximum absolute atomic E-state index is 12.7. The summed E-state index contributed by atoms with van der Waals surface area (Å²) in [6.07, 6.45) is 3.77. The molecule has 1 atom stereocenters. The molecule has 0 radical (unpaired) electrons. The zero-order valence-electron chi connectivity index (χ0n) is 20.4. The van der Waals surface area contributed by atoms with Crippen LogP contribution in [0, 0.1) is 5.92 Å². The third kappa shape index (κ3) is 4.66. The Hall–Kier alpha value is -3.65. The summed E-state index contributed by atoms with van der Waals surface area (Å²) in [6, 6.07) is 14.0. The standard InChI is InChI=1S/C27H31N5O3/c1-18(2)25(28-27(33)20-11-15-35-17-20)26-30-29-24-10-12-31(13-14-32(24)26)16-19-8-9-23(34-3)22-7-5-4-6-21(19)22/h4-9,11,15,17-18,25H,10,12-14,16H2,1-3H3,(H,28,33)/t25-/m0/s1.